The number of carboxylic acid groups (broad SMARTS) is 1. The molecule has 0 saturated carbocycles. The maximum Gasteiger partial charge on any atom is 0.320 e. The molecule has 1 aromatic rings. The average Bonchev–Trinajstić information content (AvgIpc) is 2.89. The van der Waals surface area contributed by atoms with Gasteiger partial charge in [-0.2, -0.15) is 0 Å². The summed E-state index contributed by atoms with van der Waals surface area (Å²) in [5, 5.41) is 12.4. The first-order valence-corrected chi connectivity index (χ1v) is 7.32. The van der Waals surface area contributed by atoms with Crippen molar-refractivity contribution in [3.05, 3.63) is 29.3 Å². The summed E-state index contributed by atoms with van der Waals surface area (Å²) < 4.78 is 5.48. The van der Waals surface area contributed by atoms with E-state index in [2.05, 4.69) is 17.4 Å². The molecule has 4 heteroatoms. The largest absolute Gasteiger partial charge is 0.493 e. The van der Waals surface area contributed by atoms with E-state index in [-0.39, 0.29) is 5.92 Å². The van der Waals surface area contributed by atoms with Crippen molar-refractivity contribution in [2.45, 2.75) is 39.2 Å². The van der Waals surface area contributed by atoms with Crippen molar-refractivity contribution in [3.8, 4) is 5.75 Å². The second-order valence-corrected chi connectivity index (χ2v) is 5.45. The van der Waals surface area contributed by atoms with Crippen molar-refractivity contribution in [3.63, 3.8) is 0 Å². The summed E-state index contributed by atoms with van der Waals surface area (Å²) in [4.78, 5) is 11.2. The molecule has 0 aromatic heterocycles. The summed E-state index contributed by atoms with van der Waals surface area (Å²) in [6.07, 6.45) is 2.68. The van der Waals surface area contributed by atoms with Gasteiger partial charge in [0, 0.05) is 6.42 Å². The van der Waals surface area contributed by atoms with E-state index < -0.39 is 12.0 Å². The van der Waals surface area contributed by atoms with Gasteiger partial charge in [0.25, 0.3) is 0 Å². The second-order valence-electron chi connectivity index (χ2n) is 5.45. The van der Waals surface area contributed by atoms with Crippen molar-refractivity contribution in [2.75, 3.05) is 13.2 Å². The number of carboxylic acids is 1. The van der Waals surface area contributed by atoms with E-state index in [1.807, 2.05) is 19.9 Å². The molecule has 0 spiro atoms. The van der Waals surface area contributed by atoms with Gasteiger partial charge in [-0.1, -0.05) is 32.4 Å². The van der Waals surface area contributed by atoms with Gasteiger partial charge in [-0.3, -0.25) is 4.79 Å². The van der Waals surface area contributed by atoms with Crippen molar-refractivity contribution in [2.24, 2.45) is 5.92 Å². The zero-order valence-electron chi connectivity index (χ0n) is 12.2. The number of carbonyl (C=O) groups is 1. The Labute approximate surface area is 120 Å². The molecule has 2 atom stereocenters. The molecule has 0 fully saturated rings. The lowest BCUT2D eigenvalue weighted by Crippen LogP contribution is -2.42. The lowest BCUT2D eigenvalue weighted by atomic mass is 9.99. The number of benzene rings is 1. The van der Waals surface area contributed by atoms with Crippen LogP contribution in [0.2, 0.25) is 0 Å². The minimum Gasteiger partial charge on any atom is -0.493 e. The first-order chi connectivity index (χ1) is 9.61. The molecule has 2 rings (SSSR count). The SMILES string of the molecule is CC[C@H](C)[C@H](NCCc1ccc2c(c1)CCO2)C(=O)O. The number of nitrogens with one attached hydrogen (secondary N) is 1. The standard InChI is InChI=1S/C16H23NO3/c1-3-11(2)15(16(18)19)17-8-6-12-4-5-14-13(10-12)7-9-20-14/h4-5,10-11,15,17H,3,6-9H2,1-2H3,(H,18,19)/t11-,15-/m0/s1. The van der Waals surface area contributed by atoms with Gasteiger partial charge in [0.1, 0.15) is 11.8 Å². The lowest BCUT2D eigenvalue weighted by Gasteiger charge is -2.20. The number of hydrogen-bond donors (Lipinski definition) is 2. The van der Waals surface area contributed by atoms with Gasteiger partial charge in [0.05, 0.1) is 6.61 Å². The van der Waals surface area contributed by atoms with E-state index in [9.17, 15) is 9.90 Å². The summed E-state index contributed by atoms with van der Waals surface area (Å²) in [7, 11) is 0. The fourth-order valence-electron chi connectivity index (χ4n) is 2.54. The van der Waals surface area contributed by atoms with Gasteiger partial charge in [0.15, 0.2) is 0 Å². The molecule has 2 N–H and O–H groups in total. The topological polar surface area (TPSA) is 58.6 Å². The Bertz CT molecular complexity index is 473. The molecular weight excluding hydrogens is 254 g/mol. The van der Waals surface area contributed by atoms with Crippen molar-refractivity contribution in [1.29, 1.82) is 0 Å². The maximum absolute atomic E-state index is 11.2. The highest BCUT2D eigenvalue weighted by Crippen LogP contribution is 2.25. The molecule has 1 aliphatic rings. The summed E-state index contributed by atoms with van der Waals surface area (Å²) in [6.45, 7) is 5.44. The van der Waals surface area contributed by atoms with Gasteiger partial charge in [-0.15, -0.1) is 0 Å². The molecule has 0 aliphatic carbocycles. The summed E-state index contributed by atoms with van der Waals surface area (Å²) in [5.41, 5.74) is 2.49. The zero-order valence-corrected chi connectivity index (χ0v) is 12.2. The third-order valence-corrected chi connectivity index (χ3v) is 4.01. The van der Waals surface area contributed by atoms with Crippen molar-refractivity contribution >= 4 is 5.97 Å². The van der Waals surface area contributed by atoms with Crippen LogP contribution in [0.25, 0.3) is 0 Å². The van der Waals surface area contributed by atoms with Crippen LogP contribution in [0.4, 0.5) is 0 Å². The van der Waals surface area contributed by atoms with Crippen LogP contribution >= 0.6 is 0 Å². The molecule has 1 heterocycles. The Balaban J connectivity index is 1.87. The maximum atomic E-state index is 11.2. The first kappa shape index (κ1) is 14.9. The predicted molar refractivity (Wildman–Crippen MR) is 78.2 cm³/mol. The zero-order chi connectivity index (χ0) is 14.5. The van der Waals surface area contributed by atoms with Crippen LogP contribution in [0.1, 0.15) is 31.4 Å². The Kier molecular flexibility index (Phi) is 5.01. The van der Waals surface area contributed by atoms with Gasteiger partial charge in [-0.25, -0.2) is 0 Å². The summed E-state index contributed by atoms with van der Waals surface area (Å²) in [6, 6.07) is 5.78. The Morgan fingerprint density at radius 1 is 1.50 bits per heavy atom. The molecule has 0 radical (unpaired) electrons. The minimum atomic E-state index is -0.762. The average molecular weight is 277 g/mol. The Morgan fingerprint density at radius 2 is 2.30 bits per heavy atom. The Hall–Kier alpha value is -1.55. The minimum absolute atomic E-state index is 0.140. The highest BCUT2D eigenvalue weighted by molar-refractivity contribution is 5.73. The molecule has 20 heavy (non-hydrogen) atoms. The van der Waals surface area contributed by atoms with Crippen LogP contribution in [0.15, 0.2) is 18.2 Å². The van der Waals surface area contributed by atoms with E-state index >= 15 is 0 Å². The normalized spacial score (nSPS) is 16.3. The molecular formula is C16H23NO3. The highest BCUT2D eigenvalue weighted by Gasteiger charge is 2.22. The smallest absolute Gasteiger partial charge is 0.320 e. The van der Waals surface area contributed by atoms with Gasteiger partial charge in [0.2, 0.25) is 0 Å². The molecule has 110 valence electrons. The van der Waals surface area contributed by atoms with Crippen LogP contribution in [-0.2, 0) is 17.6 Å². The monoisotopic (exact) mass is 277 g/mol. The van der Waals surface area contributed by atoms with Crippen molar-refractivity contribution < 1.29 is 14.6 Å². The van der Waals surface area contributed by atoms with E-state index in [1.165, 1.54) is 11.1 Å². The third kappa shape index (κ3) is 3.51. The van der Waals surface area contributed by atoms with E-state index in [4.69, 9.17) is 4.74 Å². The lowest BCUT2D eigenvalue weighted by molar-refractivity contribution is -0.140. The van der Waals surface area contributed by atoms with Crippen LogP contribution in [0.5, 0.6) is 5.75 Å². The Morgan fingerprint density at radius 3 is 3.00 bits per heavy atom. The van der Waals surface area contributed by atoms with Crippen molar-refractivity contribution in [1.82, 2.24) is 5.32 Å². The van der Waals surface area contributed by atoms with Gasteiger partial charge < -0.3 is 15.2 Å². The van der Waals surface area contributed by atoms with E-state index in [0.717, 1.165) is 31.6 Å². The fourth-order valence-corrected chi connectivity index (χ4v) is 2.54. The molecule has 0 saturated heterocycles. The van der Waals surface area contributed by atoms with Crippen LogP contribution in [-0.4, -0.2) is 30.3 Å². The molecule has 0 bridgehead atoms. The number of rotatable bonds is 7. The number of fused-ring (bicyclic) bond motifs is 1. The molecule has 1 aromatic carbocycles. The number of ether oxygens (including phenoxy) is 1. The molecule has 4 nitrogen and oxygen atoms in total. The number of hydrogen-bond acceptors (Lipinski definition) is 3. The predicted octanol–water partition coefficient (Wildman–Crippen LogP) is 2.25. The fraction of sp³-hybridized carbons (Fsp3) is 0.562. The second kappa shape index (κ2) is 6.75. The van der Waals surface area contributed by atoms with Crippen LogP contribution in [0, 0.1) is 5.92 Å². The van der Waals surface area contributed by atoms with Gasteiger partial charge in [-0.05, 0) is 36.1 Å². The molecule has 1 aliphatic heterocycles. The summed E-state index contributed by atoms with van der Waals surface area (Å²) in [5.74, 6) is 0.368. The number of aliphatic carboxylic acids is 1. The third-order valence-electron chi connectivity index (χ3n) is 4.01. The van der Waals surface area contributed by atoms with Crippen LogP contribution in [0.3, 0.4) is 0 Å². The van der Waals surface area contributed by atoms with Crippen LogP contribution < -0.4 is 10.1 Å². The van der Waals surface area contributed by atoms with E-state index in [0.29, 0.717) is 6.54 Å². The highest BCUT2D eigenvalue weighted by atomic mass is 16.5. The first-order valence-electron chi connectivity index (χ1n) is 7.32. The molecule has 0 unspecified atom stereocenters. The molecule has 0 amide bonds. The van der Waals surface area contributed by atoms with Gasteiger partial charge >= 0.3 is 5.97 Å². The quantitative estimate of drug-likeness (QED) is 0.802. The summed E-state index contributed by atoms with van der Waals surface area (Å²) >= 11 is 0. The van der Waals surface area contributed by atoms with E-state index in [1.54, 1.807) is 0 Å².